The van der Waals surface area contributed by atoms with Crippen molar-refractivity contribution in [1.29, 1.82) is 0 Å². The summed E-state index contributed by atoms with van der Waals surface area (Å²) in [5.74, 6) is 1.42. The molecule has 0 aliphatic heterocycles. The molecule has 0 radical (unpaired) electrons. The Bertz CT molecular complexity index is 303. The molecule has 1 aliphatic rings. The summed E-state index contributed by atoms with van der Waals surface area (Å²) in [6, 6.07) is 0. The van der Waals surface area contributed by atoms with Gasteiger partial charge in [-0.1, -0.05) is 64.2 Å². The van der Waals surface area contributed by atoms with Crippen LogP contribution < -0.4 is 0 Å². The number of hydrogen-bond donors (Lipinski definition) is 0. The van der Waals surface area contributed by atoms with Gasteiger partial charge >= 0.3 is 0 Å². The van der Waals surface area contributed by atoms with Gasteiger partial charge in [0, 0.05) is 12.5 Å². The molecule has 2 atom stereocenters. The molecule has 1 nitrogen and oxygen atoms in total. The molecule has 116 valence electrons. The fourth-order valence-electron chi connectivity index (χ4n) is 3.12. The normalized spacial score (nSPS) is 22.6. The molecule has 0 amide bonds. The number of allylic oxidation sites excluding steroid dienone is 2. The molecule has 0 spiro atoms. The molecule has 1 rings (SSSR count). The van der Waals surface area contributed by atoms with Gasteiger partial charge in [0.2, 0.25) is 0 Å². The monoisotopic (exact) mass is 278 g/mol. The number of ether oxygens (including phenoxy) is 1. The van der Waals surface area contributed by atoms with E-state index in [1.807, 2.05) is 0 Å². The Morgan fingerprint density at radius 3 is 2.70 bits per heavy atom. The van der Waals surface area contributed by atoms with E-state index in [1.54, 1.807) is 5.57 Å². The maximum atomic E-state index is 5.73. The summed E-state index contributed by atoms with van der Waals surface area (Å²) in [6.07, 6.45) is 12.9. The SMILES string of the molecule is C=C(COCCCC)[C@H]1C=C(C)C[C@H](CCCCC)C1. The fourth-order valence-corrected chi connectivity index (χ4v) is 3.12. The zero-order valence-corrected chi connectivity index (χ0v) is 13.9. The first kappa shape index (κ1) is 17.5. The third kappa shape index (κ3) is 6.74. The van der Waals surface area contributed by atoms with Gasteiger partial charge in [-0.05, 0) is 37.7 Å². The van der Waals surface area contributed by atoms with Crippen LogP contribution in [0.4, 0.5) is 0 Å². The molecule has 1 aliphatic carbocycles. The number of hydrogen-bond acceptors (Lipinski definition) is 1. The van der Waals surface area contributed by atoms with E-state index in [0.29, 0.717) is 5.92 Å². The van der Waals surface area contributed by atoms with Crippen LogP contribution in [0.15, 0.2) is 23.8 Å². The van der Waals surface area contributed by atoms with Crippen LogP contribution in [0.3, 0.4) is 0 Å². The van der Waals surface area contributed by atoms with Crippen molar-refractivity contribution in [2.75, 3.05) is 13.2 Å². The van der Waals surface area contributed by atoms with Crippen molar-refractivity contribution < 1.29 is 4.74 Å². The van der Waals surface area contributed by atoms with Crippen molar-refractivity contribution in [2.45, 2.75) is 72.1 Å². The summed E-state index contributed by atoms with van der Waals surface area (Å²) in [5.41, 5.74) is 2.83. The smallest absolute Gasteiger partial charge is 0.0679 e. The zero-order chi connectivity index (χ0) is 14.8. The highest BCUT2D eigenvalue weighted by molar-refractivity contribution is 5.17. The quantitative estimate of drug-likeness (QED) is 0.356. The van der Waals surface area contributed by atoms with Gasteiger partial charge in [-0.25, -0.2) is 0 Å². The standard InChI is InChI=1S/C19H34O/c1-5-7-9-10-18-12-16(3)13-19(14-18)17(4)15-20-11-8-6-2/h13,18-19H,4-12,14-15H2,1-3H3/t18-,19-/m0/s1. The highest BCUT2D eigenvalue weighted by atomic mass is 16.5. The van der Waals surface area contributed by atoms with Gasteiger partial charge in [-0.2, -0.15) is 0 Å². The van der Waals surface area contributed by atoms with Gasteiger partial charge in [-0.3, -0.25) is 0 Å². The second kappa shape index (κ2) is 10.2. The molecular weight excluding hydrogens is 244 g/mol. The summed E-state index contributed by atoms with van der Waals surface area (Å²) in [5, 5.41) is 0. The average Bonchev–Trinajstić information content (AvgIpc) is 2.43. The minimum absolute atomic E-state index is 0.553. The Morgan fingerprint density at radius 1 is 1.25 bits per heavy atom. The Kier molecular flexibility index (Phi) is 8.93. The van der Waals surface area contributed by atoms with Crippen molar-refractivity contribution in [1.82, 2.24) is 0 Å². The van der Waals surface area contributed by atoms with Crippen LogP contribution in [-0.4, -0.2) is 13.2 Å². The number of unbranched alkanes of at least 4 members (excludes halogenated alkanes) is 3. The zero-order valence-electron chi connectivity index (χ0n) is 13.9. The lowest BCUT2D eigenvalue weighted by Gasteiger charge is -2.29. The third-order valence-electron chi connectivity index (χ3n) is 4.35. The largest absolute Gasteiger partial charge is 0.377 e. The molecule has 20 heavy (non-hydrogen) atoms. The van der Waals surface area contributed by atoms with E-state index in [2.05, 4.69) is 33.4 Å². The van der Waals surface area contributed by atoms with E-state index in [1.165, 1.54) is 50.5 Å². The maximum absolute atomic E-state index is 5.73. The van der Waals surface area contributed by atoms with Gasteiger partial charge in [0.1, 0.15) is 0 Å². The molecule has 0 fully saturated rings. The average molecular weight is 278 g/mol. The van der Waals surface area contributed by atoms with Crippen molar-refractivity contribution in [2.24, 2.45) is 11.8 Å². The van der Waals surface area contributed by atoms with Crippen LogP contribution in [-0.2, 0) is 4.74 Å². The molecular formula is C19H34O. The van der Waals surface area contributed by atoms with Crippen LogP contribution in [0.5, 0.6) is 0 Å². The van der Waals surface area contributed by atoms with Gasteiger partial charge in [0.15, 0.2) is 0 Å². The Morgan fingerprint density at radius 2 is 2.00 bits per heavy atom. The molecule has 0 saturated heterocycles. The van der Waals surface area contributed by atoms with Crippen LogP contribution >= 0.6 is 0 Å². The molecule has 0 unspecified atom stereocenters. The highest BCUT2D eigenvalue weighted by Crippen LogP contribution is 2.34. The minimum atomic E-state index is 0.553. The highest BCUT2D eigenvalue weighted by Gasteiger charge is 2.22. The lowest BCUT2D eigenvalue weighted by molar-refractivity contribution is 0.146. The van der Waals surface area contributed by atoms with E-state index < -0.39 is 0 Å². The van der Waals surface area contributed by atoms with Crippen LogP contribution in [0.2, 0.25) is 0 Å². The maximum Gasteiger partial charge on any atom is 0.0679 e. The number of rotatable bonds is 10. The molecule has 0 bridgehead atoms. The molecule has 0 aromatic carbocycles. The first-order chi connectivity index (χ1) is 9.67. The van der Waals surface area contributed by atoms with Gasteiger partial charge in [-0.15, -0.1) is 0 Å². The first-order valence-electron chi connectivity index (χ1n) is 8.60. The van der Waals surface area contributed by atoms with Gasteiger partial charge in [0.05, 0.1) is 6.61 Å². The predicted molar refractivity (Wildman–Crippen MR) is 89.0 cm³/mol. The van der Waals surface area contributed by atoms with Crippen molar-refractivity contribution >= 4 is 0 Å². The summed E-state index contributed by atoms with van der Waals surface area (Å²) in [7, 11) is 0. The Hall–Kier alpha value is -0.560. The Labute approximate surface area is 126 Å². The van der Waals surface area contributed by atoms with Gasteiger partial charge < -0.3 is 4.74 Å². The van der Waals surface area contributed by atoms with E-state index in [4.69, 9.17) is 4.74 Å². The third-order valence-corrected chi connectivity index (χ3v) is 4.35. The van der Waals surface area contributed by atoms with Gasteiger partial charge in [0.25, 0.3) is 0 Å². The topological polar surface area (TPSA) is 9.23 Å². The molecule has 0 saturated carbocycles. The van der Waals surface area contributed by atoms with Crippen molar-refractivity contribution in [3.05, 3.63) is 23.8 Å². The van der Waals surface area contributed by atoms with Crippen LogP contribution in [0.1, 0.15) is 72.1 Å². The van der Waals surface area contributed by atoms with E-state index in [9.17, 15) is 0 Å². The van der Waals surface area contributed by atoms with E-state index in [0.717, 1.165) is 25.6 Å². The fraction of sp³-hybridized carbons (Fsp3) is 0.789. The van der Waals surface area contributed by atoms with Crippen molar-refractivity contribution in [3.63, 3.8) is 0 Å². The second-order valence-electron chi connectivity index (χ2n) is 6.49. The summed E-state index contributed by atoms with van der Waals surface area (Å²) in [4.78, 5) is 0. The van der Waals surface area contributed by atoms with Crippen molar-refractivity contribution in [3.8, 4) is 0 Å². The molecule has 0 heterocycles. The Balaban J connectivity index is 2.36. The molecule has 0 N–H and O–H groups in total. The lowest BCUT2D eigenvalue weighted by atomic mass is 9.78. The van der Waals surface area contributed by atoms with Crippen LogP contribution in [0.25, 0.3) is 0 Å². The van der Waals surface area contributed by atoms with Crippen LogP contribution in [0, 0.1) is 11.8 Å². The molecule has 0 aromatic heterocycles. The molecule has 0 aromatic rings. The second-order valence-corrected chi connectivity index (χ2v) is 6.49. The summed E-state index contributed by atoms with van der Waals surface area (Å²) in [6.45, 7) is 12.7. The van der Waals surface area contributed by atoms with E-state index >= 15 is 0 Å². The first-order valence-corrected chi connectivity index (χ1v) is 8.60. The summed E-state index contributed by atoms with van der Waals surface area (Å²) < 4.78 is 5.73. The lowest BCUT2D eigenvalue weighted by Crippen LogP contribution is -2.17. The summed E-state index contributed by atoms with van der Waals surface area (Å²) >= 11 is 0. The predicted octanol–water partition coefficient (Wildman–Crippen LogP) is 5.91. The minimum Gasteiger partial charge on any atom is -0.377 e. The van der Waals surface area contributed by atoms with E-state index in [-0.39, 0.29) is 0 Å². The molecule has 1 heteroatoms.